The van der Waals surface area contributed by atoms with Gasteiger partial charge in [0, 0.05) is 28.0 Å². The molecule has 0 aliphatic carbocycles. The van der Waals surface area contributed by atoms with Gasteiger partial charge in [0.05, 0.1) is 5.75 Å². The molecule has 2 rings (SSSR count). The Kier molecular flexibility index (Phi) is 10.6. The van der Waals surface area contributed by atoms with Crippen LogP contribution in [0.1, 0.15) is 38.7 Å². The van der Waals surface area contributed by atoms with Gasteiger partial charge in [-0.05, 0) is 42.7 Å². The van der Waals surface area contributed by atoms with E-state index in [0.717, 1.165) is 23.3 Å². The SMILES string of the molecule is CCCCNC(=O)C(CC)N(Cc1ccc(Cl)cc1Cl)C(=O)CSc1ccccc1. The number of thioether (sulfide) groups is 1. The number of carbonyl (C=O) groups excluding carboxylic acids is 2. The molecule has 0 fully saturated rings. The summed E-state index contributed by atoms with van der Waals surface area (Å²) in [4.78, 5) is 28.7. The summed E-state index contributed by atoms with van der Waals surface area (Å²) in [5, 5.41) is 3.98. The molecule has 0 bridgehead atoms. The number of nitrogens with zero attached hydrogens (tertiary/aromatic N) is 1. The van der Waals surface area contributed by atoms with Crippen molar-refractivity contribution in [2.45, 2.75) is 50.6 Å². The first-order valence-electron chi connectivity index (χ1n) is 10.1. The predicted molar refractivity (Wildman–Crippen MR) is 126 cm³/mol. The van der Waals surface area contributed by atoms with Crippen molar-refractivity contribution in [1.29, 1.82) is 0 Å². The number of nitrogens with one attached hydrogen (secondary N) is 1. The molecule has 1 atom stereocenters. The van der Waals surface area contributed by atoms with Crippen LogP contribution >= 0.6 is 35.0 Å². The highest BCUT2D eigenvalue weighted by molar-refractivity contribution is 8.00. The van der Waals surface area contributed by atoms with Crippen LogP contribution in [0.5, 0.6) is 0 Å². The molecule has 0 heterocycles. The maximum atomic E-state index is 13.2. The number of benzene rings is 2. The second-order valence-corrected chi connectivity index (χ2v) is 8.82. The van der Waals surface area contributed by atoms with Crippen LogP contribution in [-0.4, -0.2) is 35.1 Å². The van der Waals surface area contributed by atoms with Gasteiger partial charge in [-0.3, -0.25) is 9.59 Å². The standard InChI is InChI=1S/C23H28Cl2N2O2S/c1-3-5-13-26-23(29)21(4-2)27(15-17-11-12-18(24)14-20(17)25)22(28)16-30-19-9-7-6-8-10-19/h6-12,14,21H,3-5,13,15-16H2,1-2H3,(H,26,29). The maximum Gasteiger partial charge on any atom is 0.242 e. The number of hydrogen-bond donors (Lipinski definition) is 1. The molecule has 0 saturated heterocycles. The van der Waals surface area contributed by atoms with Crippen molar-refractivity contribution < 1.29 is 9.59 Å². The van der Waals surface area contributed by atoms with Crippen LogP contribution in [0.15, 0.2) is 53.4 Å². The zero-order valence-corrected chi connectivity index (χ0v) is 19.7. The minimum atomic E-state index is -0.558. The van der Waals surface area contributed by atoms with Gasteiger partial charge in [0.2, 0.25) is 11.8 Å². The third kappa shape index (κ3) is 7.53. The van der Waals surface area contributed by atoms with E-state index in [1.54, 1.807) is 23.1 Å². The summed E-state index contributed by atoms with van der Waals surface area (Å²) in [5.74, 6) is 0.00925. The van der Waals surface area contributed by atoms with Gasteiger partial charge in [0.25, 0.3) is 0 Å². The van der Waals surface area contributed by atoms with Crippen LogP contribution < -0.4 is 5.32 Å². The van der Waals surface area contributed by atoms with Gasteiger partial charge in [-0.25, -0.2) is 0 Å². The van der Waals surface area contributed by atoms with Gasteiger partial charge in [-0.1, -0.05) is 67.7 Å². The molecule has 0 aliphatic rings. The van der Waals surface area contributed by atoms with E-state index >= 15 is 0 Å². The molecule has 162 valence electrons. The summed E-state index contributed by atoms with van der Waals surface area (Å²) >= 11 is 13.8. The normalized spacial score (nSPS) is 11.7. The molecule has 2 amide bonds. The van der Waals surface area contributed by atoms with E-state index in [9.17, 15) is 9.59 Å². The summed E-state index contributed by atoms with van der Waals surface area (Å²) in [6, 6.07) is 14.4. The van der Waals surface area contributed by atoms with Gasteiger partial charge in [0.15, 0.2) is 0 Å². The molecule has 0 aliphatic heterocycles. The Morgan fingerprint density at radius 2 is 1.83 bits per heavy atom. The van der Waals surface area contributed by atoms with Crippen molar-refractivity contribution in [3.8, 4) is 0 Å². The van der Waals surface area contributed by atoms with Gasteiger partial charge >= 0.3 is 0 Å². The predicted octanol–water partition coefficient (Wildman–Crippen LogP) is 5.81. The number of halogens is 2. The fourth-order valence-corrected chi connectivity index (χ4v) is 4.28. The summed E-state index contributed by atoms with van der Waals surface area (Å²) in [6.07, 6.45) is 2.42. The largest absolute Gasteiger partial charge is 0.354 e. The first kappa shape index (κ1) is 24.6. The van der Waals surface area contributed by atoms with Gasteiger partial charge < -0.3 is 10.2 Å². The lowest BCUT2D eigenvalue weighted by Gasteiger charge is -2.31. The van der Waals surface area contributed by atoms with Gasteiger partial charge in [-0.2, -0.15) is 0 Å². The lowest BCUT2D eigenvalue weighted by atomic mass is 10.1. The second kappa shape index (κ2) is 12.9. The number of rotatable bonds is 11. The van der Waals surface area contributed by atoms with Crippen molar-refractivity contribution in [3.63, 3.8) is 0 Å². The summed E-state index contributed by atoms with van der Waals surface area (Å²) in [7, 11) is 0. The second-order valence-electron chi connectivity index (χ2n) is 6.93. The average molecular weight is 467 g/mol. The Labute approximate surface area is 193 Å². The van der Waals surface area contributed by atoms with Crippen molar-refractivity contribution in [3.05, 3.63) is 64.1 Å². The molecular weight excluding hydrogens is 439 g/mol. The number of carbonyl (C=O) groups is 2. The molecule has 1 N–H and O–H groups in total. The van der Waals surface area contributed by atoms with Gasteiger partial charge in [0.1, 0.15) is 6.04 Å². The van der Waals surface area contributed by atoms with E-state index in [-0.39, 0.29) is 24.1 Å². The third-order valence-corrected chi connectivity index (χ3v) is 6.26. The summed E-state index contributed by atoms with van der Waals surface area (Å²) in [6.45, 7) is 4.85. The van der Waals surface area contributed by atoms with Crippen molar-refractivity contribution in [1.82, 2.24) is 10.2 Å². The number of amides is 2. The monoisotopic (exact) mass is 466 g/mol. The Balaban J connectivity index is 2.20. The zero-order valence-electron chi connectivity index (χ0n) is 17.4. The quantitative estimate of drug-likeness (QED) is 0.335. The molecule has 0 saturated carbocycles. The van der Waals surface area contributed by atoms with Crippen LogP contribution in [0, 0.1) is 0 Å². The van der Waals surface area contributed by atoms with Gasteiger partial charge in [-0.15, -0.1) is 11.8 Å². The molecule has 2 aromatic rings. The molecule has 2 aromatic carbocycles. The molecule has 0 radical (unpaired) electrons. The fraction of sp³-hybridized carbons (Fsp3) is 0.391. The topological polar surface area (TPSA) is 49.4 Å². The molecule has 0 spiro atoms. The van der Waals surface area contributed by atoms with E-state index in [4.69, 9.17) is 23.2 Å². The fourth-order valence-electron chi connectivity index (χ4n) is 3.00. The number of hydrogen-bond acceptors (Lipinski definition) is 3. The summed E-state index contributed by atoms with van der Waals surface area (Å²) < 4.78 is 0. The Morgan fingerprint density at radius 1 is 1.10 bits per heavy atom. The van der Waals surface area contributed by atoms with Crippen molar-refractivity contribution in [2.75, 3.05) is 12.3 Å². The lowest BCUT2D eigenvalue weighted by molar-refractivity contribution is -0.139. The van der Waals surface area contributed by atoms with Crippen LogP contribution in [0.4, 0.5) is 0 Å². The van der Waals surface area contributed by atoms with Crippen molar-refractivity contribution >= 4 is 46.8 Å². The Bertz CT molecular complexity index is 833. The Hall–Kier alpha value is -1.69. The first-order valence-corrected chi connectivity index (χ1v) is 11.9. The highest BCUT2D eigenvalue weighted by Crippen LogP contribution is 2.25. The molecule has 1 unspecified atom stereocenters. The molecule has 4 nitrogen and oxygen atoms in total. The Morgan fingerprint density at radius 3 is 2.47 bits per heavy atom. The molecule has 30 heavy (non-hydrogen) atoms. The zero-order chi connectivity index (χ0) is 21.9. The third-order valence-electron chi connectivity index (χ3n) is 4.68. The van der Waals surface area contributed by atoms with Crippen LogP contribution in [0.3, 0.4) is 0 Å². The van der Waals surface area contributed by atoms with E-state index < -0.39 is 6.04 Å². The lowest BCUT2D eigenvalue weighted by Crippen LogP contribution is -2.49. The van der Waals surface area contributed by atoms with Crippen LogP contribution in [0.2, 0.25) is 10.0 Å². The highest BCUT2D eigenvalue weighted by atomic mass is 35.5. The molecule has 7 heteroatoms. The highest BCUT2D eigenvalue weighted by Gasteiger charge is 2.29. The molecule has 0 aromatic heterocycles. The van der Waals surface area contributed by atoms with E-state index in [0.29, 0.717) is 23.0 Å². The summed E-state index contributed by atoms with van der Waals surface area (Å²) in [5.41, 5.74) is 0.763. The minimum absolute atomic E-state index is 0.104. The minimum Gasteiger partial charge on any atom is -0.354 e. The molecular formula is C23H28Cl2N2O2S. The first-order chi connectivity index (χ1) is 14.5. The number of unbranched alkanes of at least 4 members (excludes halogenated alkanes) is 1. The van der Waals surface area contributed by atoms with Crippen LogP contribution in [0.25, 0.3) is 0 Å². The average Bonchev–Trinajstić information content (AvgIpc) is 2.74. The van der Waals surface area contributed by atoms with Crippen LogP contribution in [-0.2, 0) is 16.1 Å². The smallest absolute Gasteiger partial charge is 0.242 e. The van der Waals surface area contributed by atoms with Crippen molar-refractivity contribution in [2.24, 2.45) is 0 Å². The van der Waals surface area contributed by atoms with E-state index in [1.807, 2.05) is 37.3 Å². The van der Waals surface area contributed by atoms with E-state index in [1.165, 1.54) is 11.8 Å². The van der Waals surface area contributed by atoms with E-state index in [2.05, 4.69) is 12.2 Å². The maximum absolute atomic E-state index is 13.2.